The molecule has 1 unspecified atom stereocenters. The fraction of sp³-hybridized carbons (Fsp3) is 0.571. The van der Waals surface area contributed by atoms with E-state index in [1.54, 1.807) is 0 Å². The summed E-state index contributed by atoms with van der Waals surface area (Å²) in [5.74, 6) is 2.36. The van der Waals surface area contributed by atoms with Crippen LogP contribution in [-0.2, 0) is 5.88 Å². The quantitative estimate of drug-likeness (QED) is 0.766. The summed E-state index contributed by atoms with van der Waals surface area (Å²) in [7, 11) is 0. The molecule has 1 atom stereocenters. The summed E-state index contributed by atoms with van der Waals surface area (Å²) >= 11 is 6.05. The fourth-order valence-corrected chi connectivity index (χ4v) is 2.88. The van der Waals surface area contributed by atoms with Crippen LogP contribution in [0.5, 0.6) is 0 Å². The van der Waals surface area contributed by atoms with Crippen LogP contribution in [0.4, 0.5) is 0 Å². The number of hydrogen-bond donors (Lipinski definition) is 0. The maximum Gasteiger partial charge on any atom is 0.125 e. The van der Waals surface area contributed by atoms with Gasteiger partial charge in [0.1, 0.15) is 11.3 Å². The fourth-order valence-electron chi connectivity index (χ4n) is 2.70. The van der Waals surface area contributed by atoms with Gasteiger partial charge in [0.25, 0.3) is 0 Å². The molecule has 0 aliphatic heterocycles. The van der Waals surface area contributed by atoms with Crippen LogP contribution in [0.2, 0.25) is 0 Å². The molecule has 0 saturated heterocycles. The molecular weight excluding hydrogens is 246 g/mol. The molecule has 2 heterocycles. The highest BCUT2D eigenvalue weighted by atomic mass is 35.5. The van der Waals surface area contributed by atoms with E-state index in [9.17, 15) is 0 Å². The van der Waals surface area contributed by atoms with E-state index >= 15 is 0 Å². The number of halogens is 1. The first kappa shape index (κ1) is 12.0. The second-order valence-corrected chi connectivity index (χ2v) is 5.40. The highest BCUT2D eigenvalue weighted by molar-refractivity contribution is 6.16. The average molecular weight is 264 g/mol. The number of pyridine rings is 1. The van der Waals surface area contributed by atoms with Gasteiger partial charge in [0.15, 0.2) is 0 Å². The Hall–Kier alpha value is -1.09. The monoisotopic (exact) mass is 263 g/mol. The van der Waals surface area contributed by atoms with Gasteiger partial charge in [0.2, 0.25) is 0 Å². The van der Waals surface area contributed by atoms with Gasteiger partial charge in [0, 0.05) is 12.2 Å². The zero-order chi connectivity index (χ0) is 12.5. The minimum atomic E-state index is 0.468. The van der Waals surface area contributed by atoms with Crippen LogP contribution in [0.1, 0.15) is 44.5 Å². The molecule has 2 aromatic heterocycles. The zero-order valence-electron chi connectivity index (χ0n) is 10.6. The van der Waals surface area contributed by atoms with E-state index in [0.29, 0.717) is 11.9 Å². The van der Waals surface area contributed by atoms with Gasteiger partial charge in [-0.05, 0) is 24.8 Å². The molecule has 1 fully saturated rings. The van der Waals surface area contributed by atoms with Gasteiger partial charge in [-0.2, -0.15) is 0 Å². The summed E-state index contributed by atoms with van der Waals surface area (Å²) < 4.78 is 2.34. The second kappa shape index (κ2) is 4.88. The van der Waals surface area contributed by atoms with Crippen LogP contribution in [0, 0.1) is 5.92 Å². The first-order valence-corrected chi connectivity index (χ1v) is 7.23. The van der Waals surface area contributed by atoms with Crippen LogP contribution in [0.15, 0.2) is 18.5 Å². The van der Waals surface area contributed by atoms with Crippen LogP contribution in [0.25, 0.3) is 11.0 Å². The molecule has 18 heavy (non-hydrogen) atoms. The topological polar surface area (TPSA) is 30.7 Å². The minimum Gasteiger partial charge on any atom is -0.324 e. The average Bonchev–Trinajstić information content (AvgIpc) is 3.15. The van der Waals surface area contributed by atoms with Gasteiger partial charge in [-0.3, -0.25) is 4.98 Å². The molecule has 0 spiro atoms. The summed E-state index contributed by atoms with van der Waals surface area (Å²) in [6.45, 7) is 2.25. The highest BCUT2D eigenvalue weighted by Gasteiger charge is 2.27. The molecule has 0 N–H and O–H groups in total. The van der Waals surface area contributed by atoms with E-state index < -0.39 is 0 Å². The van der Waals surface area contributed by atoms with Gasteiger partial charge in [-0.15, -0.1) is 11.6 Å². The van der Waals surface area contributed by atoms with Gasteiger partial charge >= 0.3 is 0 Å². The Morgan fingerprint density at radius 3 is 3.00 bits per heavy atom. The summed E-state index contributed by atoms with van der Waals surface area (Å²) in [6, 6.07) is 2.58. The van der Waals surface area contributed by atoms with E-state index in [1.165, 1.54) is 24.8 Å². The Balaban J connectivity index is 2.05. The van der Waals surface area contributed by atoms with Gasteiger partial charge in [-0.1, -0.05) is 19.8 Å². The van der Waals surface area contributed by atoms with Crippen molar-refractivity contribution < 1.29 is 0 Å². The first-order valence-electron chi connectivity index (χ1n) is 6.70. The van der Waals surface area contributed by atoms with E-state index in [0.717, 1.165) is 23.7 Å². The van der Waals surface area contributed by atoms with E-state index in [2.05, 4.69) is 21.5 Å². The van der Waals surface area contributed by atoms with Crippen LogP contribution >= 0.6 is 11.6 Å². The van der Waals surface area contributed by atoms with E-state index in [-0.39, 0.29) is 0 Å². The summed E-state index contributed by atoms with van der Waals surface area (Å²) in [5.41, 5.74) is 2.13. The van der Waals surface area contributed by atoms with Crippen LogP contribution in [-0.4, -0.2) is 14.5 Å². The maximum atomic E-state index is 6.05. The summed E-state index contributed by atoms with van der Waals surface area (Å²) in [4.78, 5) is 8.74. The maximum absolute atomic E-state index is 6.05. The summed E-state index contributed by atoms with van der Waals surface area (Å²) in [6.07, 6.45) is 8.83. The Bertz CT molecular complexity index is 545. The van der Waals surface area contributed by atoms with Crippen LogP contribution in [0.3, 0.4) is 0 Å². The number of hydrogen-bond acceptors (Lipinski definition) is 2. The van der Waals surface area contributed by atoms with Crippen molar-refractivity contribution in [3.8, 4) is 0 Å². The molecule has 0 radical (unpaired) electrons. The molecule has 1 saturated carbocycles. The van der Waals surface area contributed by atoms with Crippen molar-refractivity contribution in [2.75, 3.05) is 0 Å². The second-order valence-electron chi connectivity index (χ2n) is 5.14. The molecule has 4 heteroatoms. The SMILES string of the molecule is CCC(CC1CC1)n1c(CCl)nc2cnccc21. The highest BCUT2D eigenvalue weighted by Crippen LogP contribution is 2.39. The molecule has 3 nitrogen and oxygen atoms in total. The Kier molecular flexibility index (Phi) is 3.25. The van der Waals surface area contributed by atoms with Gasteiger partial charge < -0.3 is 4.57 Å². The van der Waals surface area contributed by atoms with Crippen molar-refractivity contribution in [2.24, 2.45) is 5.92 Å². The lowest BCUT2D eigenvalue weighted by atomic mass is 10.1. The standard InChI is InChI=1S/C14H18ClN3/c1-2-11(7-10-3-4-10)18-13-5-6-16-9-12(13)17-14(18)8-15/h5-6,9-11H,2-4,7-8H2,1H3. The zero-order valence-corrected chi connectivity index (χ0v) is 11.4. The molecule has 1 aliphatic rings. The molecule has 3 rings (SSSR count). The van der Waals surface area contributed by atoms with Gasteiger partial charge in [-0.25, -0.2) is 4.98 Å². The molecule has 0 amide bonds. The van der Waals surface area contributed by atoms with Crippen molar-refractivity contribution in [3.63, 3.8) is 0 Å². The van der Waals surface area contributed by atoms with Crippen molar-refractivity contribution in [1.82, 2.24) is 14.5 Å². The number of aromatic nitrogens is 3. The summed E-state index contributed by atoms with van der Waals surface area (Å²) in [5, 5.41) is 0. The number of fused-ring (bicyclic) bond motifs is 1. The van der Waals surface area contributed by atoms with E-state index in [4.69, 9.17) is 11.6 Å². The predicted molar refractivity (Wildman–Crippen MR) is 73.8 cm³/mol. The van der Waals surface area contributed by atoms with Crippen LogP contribution < -0.4 is 0 Å². The molecular formula is C14H18ClN3. The third-order valence-corrected chi connectivity index (χ3v) is 4.06. The Morgan fingerprint density at radius 1 is 1.50 bits per heavy atom. The van der Waals surface area contributed by atoms with Crippen molar-refractivity contribution in [1.29, 1.82) is 0 Å². The normalized spacial score (nSPS) is 17.2. The Labute approximate surface area is 112 Å². The molecule has 96 valence electrons. The largest absolute Gasteiger partial charge is 0.324 e. The molecule has 2 aromatic rings. The van der Waals surface area contributed by atoms with Crippen molar-refractivity contribution in [2.45, 2.75) is 44.5 Å². The van der Waals surface area contributed by atoms with E-state index in [1.807, 2.05) is 18.5 Å². The van der Waals surface area contributed by atoms with Crippen molar-refractivity contribution >= 4 is 22.6 Å². The number of rotatable bonds is 5. The number of nitrogens with zero attached hydrogens (tertiary/aromatic N) is 3. The molecule has 0 aromatic carbocycles. The van der Waals surface area contributed by atoms with Gasteiger partial charge in [0.05, 0.1) is 17.6 Å². The lowest BCUT2D eigenvalue weighted by Crippen LogP contribution is -2.11. The molecule has 0 bridgehead atoms. The predicted octanol–water partition coefficient (Wildman–Crippen LogP) is 3.92. The van der Waals surface area contributed by atoms with Crippen molar-refractivity contribution in [3.05, 3.63) is 24.3 Å². The molecule has 1 aliphatic carbocycles. The number of alkyl halides is 1. The number of imidazole rings is 1. The third-order valence-electron chi connectivity index (χ3n) is 3.82. The minimum absolute atomic E-state index is 0.468. The third kappa shape index (κ3) is 2.12. The lowest BCUT2D eigenvalue weighted by Gasteiger charge is -2.19. The smallest absolute Gasteiger partial charge is 0.125 e. The Morgan fingerprint density at radius 2 is 2.33 bits per heavy atom. The lowest BCUT2D eigenvalue weighted by molar-refractivity contribution is 0.429. The first-order chi connectivity index (χ1) is 8.83.